The number of hydrogen-bond donors (Lipinski definition) is 1. The molecule has 2 rings (SSSR count). The van der Waals surface area contributed by atoms with Gasteiger partial charge in [-0.2, -0.15) is 11.8 Å². The van der Waals surface area contributed by atoms with Crippen molar-refractivity contribution < 1.29 is 0 Å². The number of rotatable bonds is 5. The predicted octanol–water partition coefficient (Wildman–Crippen LogP) is 5.13. The molecule has 1 aromatic carbocycles. The molecule has 112 valence electrons. The first-order valence-electron chi connectivity index (χ1n) is 7.59. The van der Waals surface area contributed by atoms with E-state index in [-0.39, 0.29) is 0 Å². The van der Waals surface area contributed by atoms with Crippen molar-refractivity contribution >= 4 is 23.4 Å². The number of nitrogens with one attached hydrogen (secondary N) is 1. The molecule has 2 atom stereocenters. The van der Waals surface area contributed by atoms with Crippen LogP contribution in [0.4, 0.5) is 0 Å². The molecule has 1 aliphatic carbocycles. The quantitative estimate of drug-likeness (QED) is 0.809. The van der Waals surface area contributed by atoms with Gasteiger partial charge in [0, 0.05) is 22.1 Å². The lowest BCUT2D eigenvalue weighted by Crippen LogP contribution is -2.44. The van der Waals surface area contributed by atoms with Crippen LogP contribution in [0.5, 0.6) is 0 Å². The second kappa shape index (κ2) is 7.20. The second-order valence-electron chi connectivity index (χ2n) is 6.55. The summed E-state index contributed by atoms with van der Waals surface area (Å²) in [4.78, 5) is 0. The third-order valence-corrected chi connectivity index (χ3v) is 5.85. The van der Waals surface area contributed by atoms with Crippen LogP contribution < -0.4 is 5.32 Å². The van der Waals surface area contributed by atoms with Crippen molar-refractivity contribution in [3.05, 3.63) is 34.9 Å². The normalized spacial score (nSPS) is 25.6. The third kappa shape index (κ3) is 4.68. The first kappa shape index (κ1) is 16.2. The molecule has 0 spiro atoms. The molecule has 1 nitrogen and oxygen atoms in total. The standard InChI is InChI=1S/C17H26ClNS/c1-4-19-15-9-10-17(2,3)11-16(15)20-12-13-5-7-14(18)8-6-13/h5-8,15-16,19H,4,9-12H2,1-3H3. The molecular formula is C17H26ClNS. The van der Waals surface area contributed by atoms with E-state index in [1.54, 1.807) is 0 Å². The summed E-state index contributed by atoms with van der Waals surface area (Å²) in [6, 6.07) is 8.94. The third-order valence-electron chi connectivity index (χ3n) is 4.18. The van der Waals surface area contributed by atoms with Crippen molar-refractivity contribution in [2.24, 2.45) is 5.41 Å². The van der Waals surface area contributed by atoms with E-state index >= 15 is 0 Å². The summed E-state index contributed by atoms with van der Waals surface area (Å²) < 4.78 is 0. The van der Waals surface area contributed by atoms with Gasteiger partial charge in [0.2, 0.25) is 0 Å². The maximum Gasteiger partial charge on any atom is 0.0406 e. The Kier molecular flexibility index (Phi) is 5.83. The van der Waals surface area contributed by atoms with Gasteiger partial charge in [0.05, 0.1) is 0 Å². The van der Waals surface area contributed by atoms with Crippen LogP contribution in [-0.2, 0) is 5.75 Å². The zero-order valence-electron chi connectivity index (χ0n) is 12.8. The fraction of sp³-hybridized carbons (Fsp3) is 0.647. The second-order valence-corrected chi connectivity index (χ2v) is 8.21. The largest absolute Gasteiger partial charge is 0.313 e. The maximum atomic E-state index is 5.95. The predicted molar refractivity (Wildman–Crippen MR) is 91.6 cm³/mol. The van der Waals surface area contributed by atoms with Crippen molar-refractivity contribution in [2.75, 3.05) is 6.54 Å². The van der Waals surface area contributed by atoms with Gasteiger partial charge >= 0.3 is 0 Å². The van der Waals surface area contributed by atoms with Crippen LogP contribution in [0.1, 0.15) is 45.6 Å². The van der Waals surface area contributed by atoms with Crippen molar-refractivity contribution in [1.82, 2.24) is 5.32 Å². The van der Waals surface area contributed by atoms with Gasteiger partial charge in [-0.15, -0.1) is 0 Å². The van der Waals surface area contributed by atoms with Crippen molar-refractivity contribution in [2.45, 2.75) is 57.1 Å². The molecule has 0 aromatic heterocycles. The minimum Gasteiger partial charge on any atom is -0.313 e. The van der Waals surface area contributed by atoms with Crippen molar-refractivity contribution in [3.63, 3.8) is 0 Å². The van der Waals surface area contributed by atoms with E-state index in [1.165, 1.54) is 24.8 Å². The van der Waals surface area contributed by atoms with E-state index < -0.39 is 0 Å². The van der Waals surface area contributed by atoms with E-state index in [0.717, 1.165) is 22.6 Å². The number of halogens is 1. The highest BCUT2D eigenvalue weighted by Crippen LogP contribution is 2.41. The monoisotopic (exact) mass is 311 g/mol. The Morgan fingerprint density at radius 3 is 2.65 bits per heavy atom. The van der Waals surface area contributed by atoms with E-state index in [4.69, 9.17) is 11.6 Å². The molecule has 3 heteroatoms. The van der Waals surface area contributed by atoms with Gasteiger partial charge in [-0.25, -0.2) is 0 Å². The average Bonchev–Trinajstić information content (AvgIpc) is 2.41. The summed E-state index contributed by atoms with van der Waals surface area (Å²) in [6.45, 7) is 8.10. The van der Waals surface area contributed by atoms with Crippen LogP contribution >= 0.6 is 23.4 Å². The Hall–Kier alpha value is -0.180. The molecule has 0 radical (unpaired) electrons. The van der Waals surface area contributed by atoms with Gasteiger partial charge in [0.1, 0.15) is 0 Å². The number of benzene rings is 1. The summed E-state index contributed by atoms with van der Waals surface area (Å²) in [7, 11) is 0. The molecule has 1 aliphatic rings. The highest BCUT2D eigenvalue weighted by Gasteiger charge is 2.34. The molecule has 1 N–H and O–H groups in total. The van der Waals surface area contributed by atoms with Crippen LogP contribution in [0.25, 0.3) is 0 Å². The van der Waals surface area contributed by atoms with Gasteiger partial charge in [0.25, 0.3) is 0 Å². The summed E-state index contributed by atoms with van der Waals surface area (Å²) in [5.74, 6) is 1.08. The Balaban J connectivity index is 1.94. The van der Waals surface area contributed by atoms with Crippen LogP contribution in [0.2, 0.25) is 5.02 Å². The summed E-state index contributed by atoms with van der Waals surface area (Å²) >= 11 is 8.05. The summed E-state index contributed by atoms with van der Waals surface area (Å²) in [5.41, 5.74) is 1.86. The Bertz CT molecular complexity index is 416. The summed E-state index contributed by atoms with van der Waals surface area (Å²) in [6.07, 6.45) is 3.95. The van der Waals surface area contributed by atoms with Crippen LogP contribution in [-0.4, -0.2) is 17.8 Å². The summed E-state index contributed by atoms with van der Waals surface area (Å²) in [5, 5.41) is 5.22. The highest BCUT2D eigenvalue weighted by atomic mass is 35.5. The average molecular weight is 312 g/mol. The molecule has 0 amide bonds. The molecule has 20 heavy (non-hydrogen) atoms. The van der Waals surface area contributed by atoms with E-state index in [0.29, 0.717) is 11.5 Å². The highest BCUT2D eigenvalue weighted by molar-refractivity contribution is 7.99. The number of hydrogen-bond acceptors (Lipinski definition) is 2. The van der Waals surface area contributed by atoms with E-state index in [2.05, 4.69) is 50.0 Å². The lowest BCUT2D eigenvalue weighted by Gasteiger charge is -2.41. The molecule has 1 saturated carbocycles. The zero-order valence-corrected chi connectivity index (χ0v) is 14.4. The lowest BCUT2D eigenvalue weighted by atomic mass is 9.75. The van der Waals surface area contributed by atoms with E-state index in [9.17, 15) is 0 Å². The molecule has 0 aliphatic heterocycles. The lowest BCUT2D eigenvalue weighted by molar-refractivity contribution is 0.215. The molecule has 1 fully saturated rings. The van der Waals surface area contributed by atoms with Gasteiger partial charge in [0.15, 0.2) is 0 Å². The van der Waals surface area contributed by atoms with Gasteiger partial charge < -0.3 is 5.32 Å². The van der Waals surface area contributed by atoms with Gasteiger partial charge in [-0.1, -0.05) is 44.5 Å². The molecule has 2 unspecified atom stereocenters. The van der Waals surface area contributed by atoms with Crippen molar-refractivity contribution in [3.8, 4) is 0 Å². The van der Waals surface area contributed by atoms with Crippen molar-refractivity contribution in [1.29, 1.82) is 0 Å². The minimum atomic E-state index is 0.490. The molecule has 0 heterocycles. The minimum absolute atomic E-state index is 0.490. The van der Waals surface area contributed by atoms with Crippen LogP contribution in [0, 0.1) is 5.41 Å². The first-order valence-corrected chi connectivity index (χ1v) is 9.02. The number of thioether (sulfide) groups is 1. The smallest absolute Gasteiger partial charge is 0.0406 e. The SMILES string of the molecule is CCNC1CCC(C)(C)CC1SCc1ccc(Cl)cc1. The fourth-order valence-corrected chi connectivity index (χ4v) is 4.73. The zero-order chi connectivity index (χ0) is 14.6. The Labute approximate surface area is 132 Å². The first-order chi connectivity index (χ1) is 9.50. The molecule has 0 saturated heterocycles. The molecular weight excluding hydrogens is 286 g/mol. The Morgan fingerprint density at radius 1 is 1.30 bits per heavy atom. The fourth-order valence-electron chi connectivity index (χ4n) is 2.98. The van der Waals surface area contributed by atoms with Crippen LogP contribution in [0.15, 0.2) is 24.3 Å². The van der Waals surface area contributed by atoms with Gasteiger partial charge in [-0.3, -0.25) is 0 Å². The topological polar surface area (TPSA) is 12.0 Å². The maximum absolute atomic E-state index is 5.95. The molecule has 1 aromatic rings. The molecule has 0 bridgehead atoms. The van der Waals surface area contributed by atoms with Crippen LogP contribution in [0.3, 0.4) is 0 Å². The van der Waals surface area contributed by atoms with Gasteiger partial charge in [-0.05, 0) is 48.9 Å². The van der Waals surface area contributed by atoms with E-state index in [1.807, 2.05) is 12.1 Å². The Morgan fingerprint density at radius 2 is 2.00 bits per heavy atom.